The van der Waals surface area contributed by atoms with E-state index in [0.717, 1.165) is 0 Å². The predicted molar refractivity (Wildman–Crippen MR) is 56.1 cm³/mol. The maximum Gasteiger partial charge on any atom is 0.307 e. The Bertz CT molecular complexity index is 437. The molecule has 78 valence electrons. The topological polar surface area (TPSA) is 81.3 Å². The van der Waals surface area contributed by atoms with Crippen molar-refractivity contribution in [3.8, 4) is 6.07 Å². The molecule has 5 heteroatoms. The average molecular weight is 270 g/mol. The highest BCUT2D eigenvalue weighted by molar-refractivity contribution is 9.10. The van der Waals surface area contributed by atoms with Gasteiger partial charge in [0.25, 0.3) is 0 Å². The molecule has 0 radical (unpaired) electrons. The molecule has 15 heavy (non-hydrogen) atoms. The van der Waals surface area contributed by atoms with Crippen LogP contribution in [0.2, 0.25) is 0 Å². The van der Waals surface area contributed by atoms with Crippen LogP contribution in [0.15, 0.2) is 16.6 Å². The molecule has 1 aromatic rings. The van der Waals surface area contributed by atoms with Gasteiger partial charge < -0.3 is 10.2 Å². The van der Waals surface area contributed by atoms with Gasteiger partial charge in [-0.15, -0.1) is 0 Å². The highest BCUT2D eigenvalue weighted by atomic mass is 79.9. The molecule has 0 saturated carbocycles. The number of carbonyl (C=O) groups is 1. The van der Waals surface area contributed by atoms with Gasteiger partial charge in [-0.05, 0) is 27.6 Å². The van der Waals surface area contributed by atoms with Gasteiger partial charge in [-0.25, -0.2) is 0 Å². The minimum absolute atomic E-state index is 0.197. The number of rotatable bonds is 3. The molecule has 0 aromatic heterocycles. The fourth-order valence-corrected chi connectivity index (χ4v) is 1.75. The molecule has 2 N–H and O–H groups in total. The van der Waals surface area contributed by atoms with Crippen molar-refractivity contribution < 1.29 is 15.0 Å². The number of nitrogens with zero attached hydrogens (tertiary/aromatic N) is 1. The highest BCUT2D eigenvalue weighted by Crippen LogP contribution is 2.23. The standard InChI is InChI=1S/C10H8BrNO3/c11-9-2-1-6(3-10(14)15)8(5-13)7(9)4-12/h1-2,13H,3,5H2,(H,14,15). The molecule has 0 atom stereocenters. The molecular weight excluding hydrogens is 262 g/mol. The van der Waals surface area contributed by atoms with Crippen LogP contribution in [0.25, 0.3) is 0 Å². The van der Waals surface area contributed by atoms with Crippen molar-refractivity contribution in [2.75, 3.05) is 0 Å². The second-order valence-corrected chi connectivity index (χ2v) is 3.75. The number of carboxylic acids is 1. The minimum Gasteiger partial charge on any atom is -0.481 e. The number of aliphatic carboxylic acids is 1. The maximum atomic E-state index is 10.5. The van der Waals surface area contributed by atoms with Gasteiger partial charge in [0, 0.05) is 10.0 Å². The zero-order valence-electron chi connectivity index (χ0n) is 7.70. The summed E-state index contributed by atoms with van der Waals surface area (Å²) >= 11 is 3.17. The number of aliphatic hydroxyl groups excluding tert-OH is 1. The third kappa shape index (κ3) is 2.55. The quantitative estimate of drug-likeness (QED) is 0.870. The van der Waals surface area contributed by atoms with Crippen LogP contribution in [-0.2, 0) is 17.8 Å². The smallest absolute Gasteiger partial charge is 0.307 e. The van der Waals surface area contributed by atoms with E-state index in [1.807, 2.05) is 6.07 Å². The van der Waals surface area contributed by atoms with Crippen molar-refractivity contribution in [1.29, 1.82) is 5.26 Å². The first-order valence-corrected chi connectivity index (χ1v) is 4.92. The summed E-state index contributed by atoms with van der Waals surface area (Å²) < 4.78 is 0.559. The molecule has 0 saturated heterocycles. The van der Waals surface area contributed by atoms with Crippen LogP contribution in [0.1, 0.15) is 16.7 Å². The van der Waals surface area contributed by atoms with E-state index in [0.29, 0.717) is 15.6 Å². The fourth-order valence-electron chi connectivity index (χ4n) is 1.29. The van der Waals surface area contributed by atoms with Gasteiger partial charge in [0.1, 0.15) is 6.07 Å². The second kappa shape index (κ2) is 4.91. The summed E-state index contributed by atoms with van der Waals surface area (Å²) in [7, 11) is 0. The molecule has 4 nitrogen and oxygen atoms in total. The molecule has 0 aliphatic carbocycles. The van der Waals surface area contributed by atoms with Crippen LogP contribution < -0.4 is 0 Å². The Hall–Kier alpha value is -1.38. The summed E-state index contributed by atoms with van der Waals surface area (Å²) in [5, 5.41) is 26.6. The highest BCUT2D eigenvalue weighted by Gasteiger charge is 2.13. The summed E-state index contributed by atoms with van der Waals surface area (Å²) in [5.41, 5.74) is 1.12. The van der Waals surface area contributed by atoms with E-state index >= 15 is 0 Å². The van der Waals surface area contributed by atoms with Gasteiger partial charge in [-0.3, -0.25) is 4.79 Å². The largest absolute Gasteiger partial charge is 0.481 e. The van der Waals surface area contributed by atoms with E-state index < -0.39 is 5.97 Å². The SMILES string of the molecule is N#Cc1c(Br)ccc(CC(=O)O)c1CO. The Morgan fingerprint density at radius 1 is 1.53 bits per heavy atom. The molecule has 0 fully saturated rings. The number of halogens is 1. The van der Waals surface area contributed by atoms with Crippen LogP contribution in [0, 0.1) is 11.3 Å². The summed E-state index contributed by atoms with van der Waals surface area (Å²) in [6.45, 7) is -0.342. The molecule has 1 aromatic carbocycles. The lowest BCUT2D eigenvalue weighted by molar-refractivity contribution is -0.136. The lowest BCUT2D eigenvalue weighted by Crippen LogP contribution is -2.05. The zero-order chi connectivity index (χ0) is 11.4. The average Bonchev–Trinajstić information content (AvgIpc) is 2.19. The number of hydrogen-bond donors (Lipinski definition) is 2. The van der Waals surface area contributed by atoms with E-state index in [1.54, 1.807) is 12.1 Å². The van der Waals surface area contributed by atoms with Crippen LogP contribution in [0.4, 0.5) is 0 Å². The van der Waals surface area contributed by atoms with Crippen LogP contribution in [0.5, 0.6) is 0 Å². The van der Waals surface area contributed by atoms with Gasteiger partial charge >= 0.3 is 5.97 Å². The Balaban J connectivity index is 3.30. The monoisotopic (exact) mass is 269 g/mol. The molecule has 0 amide bonds. The molecule has 0 spiro atoms. The second-order valence-electron chi connectivity index (χ2n) is 2.90. The van der Waals surface area contributed by atoms with Gasteiger partial charge in [0.15, 0.2) is 0 Å². The number of benzene rings is 1. The molecule has 1 rings (SSSR count). The van der Waals surface area contributed by atoms with Crippen molar-refractivity contribution in [1.82, 2.24) is 0 Å². The summed E-state index contributed by atoms with van der Waals surface area (Å²) in [6, 6.07) is 5.12. The molecule has 0 heterocycles. The van der Waals surface area contributed by atoms with E-state index in [2.05, 4.69) is 15.9 Å². The molecule has 0 unspecified atom stereocenters. The van der Waals surface area contributed by atoms with Gasteiger partial charge in [0.05, 0.1) is 18.6 Å². The summed E-state index contributed by atoms with van der Waals surface area (Å²) in [6.07, 6.45) is -0.197. The van der Waals surface area contributed by atoms with Crippen LogP contribution >= 0.6 is 15.9 Å². The Morgan fingerprint density at radius 3 is 2.67 bits per heavy atom. The van der Waals surface area contributed by atoms with Crippen molar-refractivity contribution in [3.05, 3.63) is 33.3 Å². The minimum atomic E-state index is -0.990. The van der Waals surface area contributed by atoms with E-state index in [9.17, 15) is 4.79 Å². The number of aliphatic hydroxyl groups is 1. The van der Waals surface area contributed by atoms with Crippen LogP contribution in [-0.4, -0.2) is 16.2 Å². The maximum absolute atomic E-state index is 10.5. The van der Waals surface area contributed by atoms with Gasteiger partial charge in [-0.2, -0.15) is 5.26 Å². The Morgan fingerprint density at radius 2 is 2.20 bits per heavy atom. The van der Waals surface area contributed by atoms with Gasteiger partial charge in [0.2, 0.25) is 0 Å². The first-order valence-electron chi connectivity index (χ1n) is 4.13. The Kier molecular flexibility index (Phi) is 3.83. The van der Waals surface area contributed by atoms with E-state index in [1.165, 1.54) is 0 Å². The molecule has 0 aliphatic heterocycles. The third-order valence-corrected chi connectivity index (χ3v) is 2.63. The summed E-state index contributed by atoms with van der Waals surface area (Å²) in [4.78, 5) is 10.5. The number of hydrogen-bond acceptors (Lipinski definition) is 3. The van der Waals surface area contributed by atoms with Crippen molar-refractivity contribution in [2.45, 2.75) is 13.0 Å². The van der Waals surface area contributed by atoms with E-state index in [4.69, 9.17) is 15.5 Å². The molecular formula is C10H8BrNO3. The normalized spacial score (nSPS) is 9.67. The van der Waals surface area contributed by atoms with Crippen molar-refractivity contribution >= 4 is 21.9 Å². The van der Waals surface area contributed by atoms with Gasteiger partial charge in [-0.1, -0.05) is 6.07 Å². The molecule has 0 bridgehead atoms. The number of nitriles is 1. The first kappa shape index (κ1) is 11.7. The lowest BCUT2D eigenvalue weighted by atomic mass is 10.00. The lowest BCUT2D eigenvalue weighted by Gasteiger charge is -2.08. The molecule has 0 aliphatic rings. The summed E-state index contributed by atoms with van der Waals surface area (Å²) in [5.74, 6) is -0.990. The zero-order valence-corrected chi connectivity index (χ0v) is 9.28. The van der Waals surface area contributed by atoms with E-state index in [-0.39, 0.29) is 18.6 Å². The van der Waals surface area contributed by atoms with Crippen molar-refractivity contribution in [3.63, 3.8) is 0 Å². The number of carboxylic acid groups (broad SMARTS) is 1. The Labute approximate surface area is 94.9 Å². The van der Waals surface area contributed by atoms with Crippen LogP contribution in [0.3, 0.4) is 0 Å². The third-order valence-electron chi connectivity index (χ3n) is 1.97. The predicted octanol–water partition coefficient (Wildman–Crippen LogP) is 1.44. The first-order chi connectivity index (χ1) is 7.10. The van der Waals surface area contributed by atoms with Crippen molar-refractivity contribution in [2.24, 2.45) is 0 Å². The fraction of sp³-hybridized carbons (Fsp3) is 0.200.